The summed E-state index contributed by atoms with van der Waals surface area (Å²) >= 11 is 0. The van der Waals surface area contributed by atoms with Gasteiger partial charge in [0.05, 0.1) is 12.0 Å². The van der Waals surface area contributed by atoms with Gasteiger partial charge in [0.25, 0.3) is 0 Å². The fraction of sp³-hybridized carbons (Fsp3) is 0.867. The van der Waals surface area contributed by atoms with Crippen LogP contribution in [0.4, 0.5) is 4.79 Å². The van der Waals surface area contributed by atoms with Gasteiger partial charge in [0.2, 0.25) is 0 Å². The van der Waals surface area contributed by atoms with E-state index in [1.807, 2.05) is 27.7 Å². The normalized spacial score (nSPS) is 21.8. The highest BCUT2D eigenvalue weighted by Crippen LogP contribution is 2.15. The first-order valence-electron chi connectivity index (χ1n) is 7.43. The summed E-state index contributed by atoms with van der Waals surface area (Å²) in [7, 11) is 0. The summed E-state index contributed by atoms with van der Waals surface area (Å²) in [6.07, 6.45) is 2.70. The Bertz CT molecular complexity index is 357. The lowest BCUT2D eigenvalue weighted by atomic mass is 10.1. The van der Waals surface area contributed by atoms with Crippen LogP contribution in [0.2, 0.25) is 0 Å². The Labute approximate surface area is 122 Å². The number of hydrogen-bond donors (Lipinski definition) is 1. The van der Waals surface area contributed by atoms with E-state index in [2.05, 4.69) is 11.4 Å². The molecular weight excluding hydrogens is 254 g/mol. The fourth-order valence-electron chi connectivity index (χ4n) is 2.20. The first-order chi connectivity index (χ1) is 9.31. The molecular formula is C15H27N3O2. The number of rotatable bonds is 3. The maximum atomic E-state index is 12.0. The minimum absolute atomic E-state index is 0.0280. The van der Waals surface area contributed by atoms with Gasteiger partial charge < -0.3 is 15.0 Å². The molecule has 0 spiro atoms. The molecule has 1 saturated heterocycles. The molecule has 0 aromatic carbocycles. The van der Waals surface area contributed by atoms with Gasteiger partial charge in [-0.1, -0.05) is 0 Å². The van der Waals surface area contributed by atoms with Crippen LogP contribution >= 0.6 is 0 Å². The van der Waals surface area contributed by atoms with Crippen LogP contribution in [0.5, 0.6) is 0 Å². The van der Waals surface area contributed by atoms with Crippen LogP contribution in [0.15, 0.2) is 0 Å². The van der Waals surface area contributed by atoms with Crippen molar-refractivity contribution >= 4 is 6.09 Å². The van der Waals surface area contributed by atoms with Gasteiger partial charge >= 0.3 is 6.09 Å². The summed E-state index contributed by atoms with van der Waals surface area (Å²) in [5, 5.41) is 12.2. The van der Waals surface area contributed by atoms with Crippen molar-refractivity contribution in [2.75, 3.05) is 19.6 Å². The summed E-state index contributed by atoms with van der Waals surface area (Å²) in [5.41, 5.74) is -0.441. The first kappa shape index (κ1) is 16.8. The third-order valence-electron chi connectivity index (χ3n) is 3.31. The number of nitriles is 1. The van der Waals surface area contributed by atoms with E-state index in [9.17, 15) is 4.79 Å². The molecule has 2 unspecified atom stereocenters. The zero-order chi connectivity index (χ0) is 15.2. The van der Waals surface area contributed by atoms with E-state index in [-0.39, 0.29) is 12.0 Å². The molecule has 1 fully saturated rings. The van der Waals surface area contributed by atoms with Crippen LogP contribution in [0.25, 0.3) is 0 Å². The third kappa shape index (κ3) is 6.25. The van der Waals surface area contributed by atoms with E-state index in [4.69, 9.17) is 10.00 Å². The van der Waals surface area contributed by atoms with E-state index >= 15 is 0 Å². The molecule has 20 heavy (non-hydrogen) atoms. The van der Waals surface area contributed by atoms with Gasteiger partial charge in [0, 0.05) is 25.7 Å². The smallest absolute Gasteiger partial charge is 0.410 e. The van der Waals surface area contributed by atoms with Crippen molar-refractivity contribution in [3.05, 3.63) is 0 Å². The van der Waals surface area contributed by atoms with Crippen molar-refractivity contribution in [1.82, 2.24) is 10.2 Å². The molecule has 1 amide bonds. The van der Waals surface area contributed by atoms with Gasteiger partial charge in [-0.15, -0.1) is 0 Å². The lowest BCUT2D eigenvalue weighted by Gasteiger charge is -2.26. The minimum Gasteiger partial charge on any atom is -0.444 e. The minimum atomic E-state index is -0.441. The monoisotopic (exact) mass is 281 g/mol. The van der Waals surface area contributed by atoms with Crippen molar-refractivity contribution in [3.63, 3.8) is 0 Å². The second-order valence-corrected chi connectivity index (χ2v) is 6.53. The highest BCUT2D eigenvalue weighted by molar-refractivity contribution is 5.68. The van der Waals surface area contributed by atoms with Gasteiger partial charge in [-0.05, 0) is 47.0 Å². The first-order valence-corrected chi connectivity index (χ1v) is 7.43. The topological polar surface area (TPSA) is 65.4 Å². The molecule has 5 nitrogen and oxygen atoms in total. The summed E-state index contributed by atoms with van der Waals surface area (Å²) in [6, 6.07) is 2.61. The number of ether oxygens (including phenoxy) is 1. The molecule has 1 heterocycles. The average molecular weight is 281 g/mol. The SMILES string of the molecule is CC(C#N)CNC1CCCN(C(=O)OC(C)(C)C)CC1. The largest absolute Gasteiger partial charge is 0.444 e. The van der Waals surface area contributed by atoms with E-state index in [0.717, 1.165) is 25.8 Å². The van der Waals surface area contributed by atoms with Crippen LogP contribution in [0, 0.1) is 17.2 Å². The molecule has 0 bridgehead atoms. The van der Waals surface area contributed by atoms with Crippen LogP contribution in [0.1, 0.15) is 47.0 Å². The zero-order valence-electron chi connectivity index (χ0n) is 13.1. The average Bonchev–Trinajstić information content (AvgIpc) is 2.59. The van der Waals surface area contributed by atoms with E-state index in [1.54, 1.807) is 4.90 Å². The van der Waals surface area contributed by atoms with Gasteiger partial charge in [0.15, 0.2) is 0 Å². The number of likely N-dealkylation sites (tertiary alicyclic amines) is 1. The molecule has 0 aromatic rings. The molecule has 1 rings (SSSR count). The second-order valence-electron chi connectivity index (χ2n) is 6.53. The van der Waals surface area contributed by atoms with Crippen LogP contribution in [0.3, 0.4) is 0 Å². The number of carbonyl (C=O) groups is 1. The molecule has 1 aliphatic rings. The Morgan fingerprint density at radius 1 is 1.45 bits per heavy atom. The van der Waals surface area contributed by atoms with Crippen molar-refractivity contribution in [2.45, 2.75) is 58.6 Å². The highest BCUT2D eigenvalue weighted by Gasteiger charge is 2.25. The molecule has 0 saturated carbocycles. The Hall–Kier alpha value is -1.28. The molecule has 0 radical (unpaired) electrons. The summed E-state index contributed by atoms with van der Waals surface area (Å²) in [4.78, 5) is 13.8. The molecule has 114 valence electrons. The fourth-order valence-corrected chi connectivity index (χ4v) is 2.20. The van der Waals surface area contributed by atoms with Crippen LogP contribution in [-0.2, 0) is 4.74 Å². The highest BCUT2D eigenvalue weighted by atomic mass is 16.6. The predicted molar refractivity (Wildman–Crippen MR) is 78.2 cm³/mol. The van der Waals surface area contributed by atoms with E-state index in [1.165, 1.54) is 0 Å². The van der Waals surface area contributed by atoms with E-state index in [0.29, 0.717) is 19.1 Å². The Morgan fingerprint density at radius 2 is 2.15 bits per heavy atom. The standard InChI is InChI=1S/C15H27N3O2/c1-12(10-16)11-17-13-6-5-8-18(9-7-13)14(19)20-15(2,3)4/h12-13,17H,5-9,11H2,1-4H3. The Balaban J connectivity index is 2.39. The summed E-state index contributed by atoms with van der Waals surface area (Å²) in [5.74, 6) is 0.0280. The molecule has 2 atom stereocenters. The number of nitrogens with zero attached hydrogens (tertiary/aromatic N) is 2. The number of amides is 1. The van der Waals surface area contributed by atoms with Crippen LogP contribution < -0.4 is 5.32 Å². The Kier molecular flexibility index (Phi) is 6.28. The maximum absolute atomic E-state index is 12.0. The van der Waals surface area contributed by atoms with Crippen molar-refractivity contribution in [3.8, 4) is 6.07 Å². The second kappa shape index (κ2) is 7.49. The van der Waals surface area contributed by atoms with Gasteiger partial charge in [-0.2, -0.15) is 5.26 Å². The zero-order valence-corrected chi connectivity index (χ0v) is 13.1. The summed E-state index contributed by atoms with van der Waals surface area (Å²) in [6.45, 7) is 9.75. The molecule has 1 aliphatic heterocycles. The summed E-state index contributed by atoms with van der Waals surface area (Å²) < 4.78 is 5.41. The lowest BCUT2D eigenvalue weighted by Crippen LogP contribution is -2.38. The third-order valence-corrected chi connectivity index (χ3v) is 3.31. The van der Waals surface area contributed by atoms with E-state index < -0.39 is 5.60 Å². The molecule has 5 heteroatoms. The number of hydrogen-bond acceptors (Lipinski definition) is 4. The quantitative estimate of drug-likeness (QED) is 0.863. The van der Waals surface area contributed by atoms with Gasteiger partial charge in [-0.3, -0.25) is 0 Å². The van der Waals surface area contributed by atoms with Crippen molar-refractivity contribution < 1.29 is 9.53 Å². The van der Waals surface area contributed by atoms with Crippen molar-refractivity contribution in [2.24, 2.45) is 5.92 Å². The van der Waals surface area contributed by atoms with Crippen molar-refractivity contribution in [1.29, 1.82) is 5.26 Å². The van der Waals surface area contributed by atoms with Gasteiger partial charge in [0.1, 0.15) is 5.60 Å². The molecule has 0 aromatic heterocycles. The number of carbonyl (C=O) groups excluding carboxylic acids is 1. The van der Waals surface area contributed by atoms with Gasteiger partial charge in [-0.25, -0.2) is 4.79 Å². The maximum Gasteiger partial charge on any atom is 0.410 e. The predicted octanol–water partition coefficient (Wildman–Crippen LogP) is 2.53. The molecule has 1 N–H and O–H groups in total. The lowest BCUT2D eigenvalue weighted by molar-refractivity contribution is 0.0256. The number of nitrogens with one attached hydrogen (secondary N) is 1. The Morgan fingerprint density at radius 3 is 2.75 bits per heavy atom. The van der Waals surface area contributed by atoms with Crippen LogP contribution in [-0.4, -0.2) is 42.3 Å². The molecule has 0 aliphatic carbocycles.